The van der Waals surface area contributed by atoms with Crippen LogP contribution in [0.3, 0.4) is 0 Å². The van der Waals surface area contributed by atoms with Gasteiger partial charge >= 0.3 is 0 Å². The molecule has 0 amide bonds. The molecule has 0 aliphatic rings. The SMILES string of the molecule is CCCCCCCC[n+]1ccc(C)cc1-c1cc(S(=O)(=O)[O-])ccc1C. The highest BCUT2D eigenvalue weighted by Crippen LogP contribution is 2.25. The number of hydrogen-bond donors (Lipinski definition) is 0. The second kappa shape index (κ2) is 9.28. The molecule has 0 aliphatic carbocycles. The summed E-state index contributed by atoms with van der Waals surface area (Å²) in [6.45, 7) is 7.05. The Morgan fingerprint density at radius 2 is 1.65 bits per heavy atom. The van der Waals surface area contributed by atoms with Crippen molar-refractivity contribution >= 4 is 10.1 Å². The zero-order valence-corrected chi connectivity index (χ0v) is 16.8. The maximum absolute atomic E-state index is 11.4. The molecule has 26 heavy (non-hydrogen) atoms. The lowest BCUT2D eigenvalue weighted by Crippen LogP contribution is -2.36. The fourth-order valence-corrected chi connectivity index (χ4v) is 3.65. The molecular formula is C21H29NO3S. The molecule has 0 N–H and O–H groups in total. The predicted molar refractivity (Wildman–Crippen MR) is 103 cm³/mol. The van der Waals surface area contributed by atoms with E-state index in [0.29, 0.717) is 0 Å². The Kier molecular flexibility index (Phi) is 7.35. The van der Waals surface area contributed by atoms with E-state index in [1.165, 1.54) is 44.2 Å². The van der Waals surface area contributed by atoms with Crippen molar-refractivity contribution in [2.75, 3.05) is 0 Å². The van der Waals surface area contributed by atoms with Crippen LogP contribution in [0.2, 0.25) is 0 Å². The van der Waals surface area contributed by atoms with Crippen molar-refractivity contribution in [1.82, 2.24) is 0 Å². The van der Waals surface area contributed by atoms with E-state index in [0.717, 1.165) is 35.3 Å². The fourth-order valence-electron chi connectivity index (χ4n) is 3.16. The van der Waals surface area contributed by atoms with Crippen LogP contribution in [0.25, 0.3) is 11.3 Å². The van der Waals surface area contributed by atoms with Gasteiger partial charge in [-0.15, -0.1) is 0 Å². The molecule has 0 fully saturated rings. The minimum absolute atomic E-state index is 0.175. The van der Waals surface area contributed by atoms with Crippen LogP contribution in [0, 0.1) is 13.8 Å². The number of rotatable bonds is 9. The van der Waals surface area contributed by atoms with Crippen LogP contribution < -0.4 is 4.57 Å². The number of benzene rings is 1. The molecule has 2 aromatic rings. The zero-order valence-electron chi connectivity index (χ0n) is 16.0. The van der Waals surface area contributed by atoms with E-state index in [4.69, 9.17) is 0 Å². The fraction of sp³-hybridized carbons (Fsp3) is 0.476. The van der Waals surface area contributed by atoms with Crippen LogP contribution in [-0.4, -0.2) is 13.0 Å². The van der Waals surface area contributed by atoms with E-state index in [-0.39, 0.29) is 4.90 Å². The second-order valence-electron chi connectivity index (χ2n) is 6.98. The third-order valence-electron chi connectivity index (χ3n) is 4.72. The summed E-state index contributed by atoms with van der Waals surface area (Å²) in [5.41, 5.74) is 3.83. The lowest BCUT2D eigenvalue weighted by molar-refractivity contribution is -0.686. The summed E-state index contributed by atoms with van der Waals surface area (Å²) in [6, 6.07) is 8.71. The van der Waals surface area contributed by atoms with Crippen molar-refractivity contribution in [3.63, 3.8) is 0 Å². The number of pyridine rings is 1. The molecule has 142 valence electrons. The third kappa shape index (κ3) is 5.64. The smallest absolute Gasteiger partial charge is 0.213 e. The normalized spacial score (nSPS) is 11.7. The first kappa shape index (κ1) is 20.6. The summed E-state index contributed by atoms with van der Waals surface area (Å²) >= 11 is 0. The van der Waals surface area contributed by atoms with Gasteiger partial charge in [0.2, 0.25) is 5.69 Å². The van der Waals surface area contributed by atoms with Gasteiger partial charge in [-0.25, -0.2) is 8.42 Å². The topological polar surface area (TPSA) is 61.1 Å². The Morgan fingerprint density at radius 1 is 0.962 bits per heavy atom. The van der Waals surface area contributed by atoms with E-state index in [1.54, 1.807) is 6.07 Å². The van der Waals surface area contributed by atoms with Crippen molar-refractivity contribution in [1.29, 1.82) is 0 Å². The summed E-state index contributed by atoms with van der Waals surface area (Å²) in [5, 5.41) is 0. The van der Waals surface area contributed by atoms with Crippen molar-refractivity contribution < 1.29 is 17.5 Å². The molecule has 0 spiro atoms. The van der Waals surface area contributed by atoms with E-state index in [9.17, 15) is 13.0 Å². The molecule has 1 aromatic heterocycles. The van der Waals surface area contributed by atoms with Gasteiger partial charge in [-0.05, 0) is 43.5 Å². The van der Waals surface area contributed by atoms with Crippen molar-refractivity contribution in [2.24, 2.45) is 0 Å². The van der Waals surface area contributed by atoms with Gasteiger partial charge in [-0.1, -0.05) is 38.7 Å². The predicted octanol–water partition coefficient (Wildman–Crippen LogP) is 4.52. The van der Waals surface area contributed by atoms with Gasteiger partial charge in [0.15, 0.2) is 6.20 Å². The maximum atomic E-state index is 11.4. The van der Waals surface area contributed by atoms with E-state index >= 15 is 0 Å². The molecule has 0 atom stereocenters. The van der Waals surface area contributed by atoms with Crippen molar-refractivity contribution in [2.45, 2.75) is 70.7 Å². The molecule has 0 unspecified atom stereocenters. The van der Waals surface area contributed by atoms with E-state index in [1.807, 2.05) is 13.8 Å². The molecule has 1 heterocycles. The first-order valence-corrected chi connectivity index (χ1v) is 10.8. The highest BCUT2D eigenvalue weighted by atomic mass is 32.2. The van der Waals surface area contributed by atoms with Gasteiger partial charge in [0.25, 0.3) is 0 Å². The lowest BCUT2D eigenvalue weighted by atomic mass is 10.0. The first-order valence-electron chi connectivity index (χ1n) is 9.40. The van der Waals surface area contributed by atoms with Gasteiger partial charge in [0.05, 0.1) is 10.5 Å². The van der Waals surface area contributed by atoms with E-state index < -0.39 is 10.1 Å². The average Bonchev–Trinajstić information content (AvgIpc) is 2.58. The standard InChI is InChI=1S/C21H29NO3S/c1-4-5-6-7-8-9-13-22-14-12-17(2)15-21(22)20-16-19(26(23,24)25)11-10-18(20)3/h10-12,14-16H,4-9,13H2,1-3H3. The molecule has 0 bridgehead atoms. The lowest BCUT2D eigenvalue weighted by Gasteiger charge is -2.12. The summed E-state index contributed by atoms with van der Waals surface area (Å²) in [7, 11) is -4.46. The summed E-state index contributed by atoms with van der Waals surface area (Å²) in [5.74, 6) is 0. The number of unbranched alkanes of at least 4 members (excludes halogenated alkanes) is 5. The number of hydrogen-bond acceptors (Lipinski definition) is 3. The minimum atomic E-state index is -4.46. The Labute approximate surface area is 157 Å². The monoisotopic (exact) mass is 375 g/mol. The molecule has 0 aliphatic heterocycles. The molecule has 4 nitrogen and oxygen atoms in total. The second-order valence-corrected chi connectivity index (χ2v) is 8.36. The molecule has 2 rings (SSSR count). The number of aromatic nitrogens is 1. The van der Waals surface area contributed by atoms with Gasteiger partial charge in [-0.2, -0.15) is 4.57 Å². The van der Waals surface area contributed by atoms with Gasteiger partial charge in [0, 0.05) is 18.6 Å². The molecular weight excluding hydrogens is 346 g/mol. The Balaban J connectivity index is 2.27. The molecule has 0 radical (unpaired) electrons. The van der Waals surface area contributed by atoms with Gasteiger partial charge < -0.3 is 4.55 Å². The largest absolute Gasteiger partial charge is 0.744 e. The molecule has 1 aromatic carbocycles. The van der Waals surface area contributed by atoms with Crippen molar-refractivity contribution in [3.05, 3.63) is 47.7 Å². The highest BCUT2D eigenvalue weighted by molar-refractivity contribution is 7.85. The zero-order chi connectivity index (χ0) is 19.2. The first-order chi connectivity index (χ1) is 12.3. The van der Waals surface area contributed by atoms with Crippen LogP contribution in [0.15, 0.2) is 41.4 Å². The van der Waals surface area contributed by atoms with Crippen LogP contribution in [0.5, 0.6) is 0 Å². The van der Waals surface area contributed by atoms with Gasteiger partial charge in [0.1, 0.15) is 16.7 Å². The highest BCUT2D eigenvalue weighted by Gasteiger charge is 2.17. The molecule has 0 saturated heterocycles. The Morgan fingerprint density at radius 3 is 2.35 bits per heavy atom. The third-order valence-corrected chi connectivity index (χ3v) is 5.55. The van der Waals surface area contributed by atoms with E-state index in [2.05, 4.69) is 29.8 Å². The molecule has 0 saturated carbocycles. The molecule has 5 heteroatoms. The van der Waals surface area contributed by atoms with Crippen LogP contribution in [-0.2, 0) is 16.7 Å². The van der Waals surface area contributed by atoms with Crippen molar-refractivity contribution in [3.8, 4) is 11.3 Å². The maximum Gasteiger partial charge on any atom is 0.213 e. The average molecular weight is 376 g/mol. The van der Waals surface area contributed by atoms with Crippen LogP contribution in [0.1, 0.15) is 56.6 Å². The summed E-state index contributed by atoms with van der Waals surface area (Å²) in [6.07, 6.45) is 9.39. The Hall–Kier alpha value is -1.72. The van der Waals surface area contributed by atoms with Crippen LogP contribution in [0.4, 0.5) is 0 Å². The number of aryl methyl sites for hydroxylation is 3. The minimum Gasteiger partial charge on any atom is -0.744 e. The summed E-state index contributed by atoms with van der Waals surface area (Å²) < 4.78 is 36.4. The quantitative estimate of drug-likeness (QED) is 0.368. The summed E-state index contributed by atoms with van der Waals surface area (Å²) in [4.78, 5) is -0.175. The van der Waals surface area contributed by atoms with Gasteiger partial charge in [-0.3, -0.25) is 0 Å². The Bertz CT molecular complexity index is 844. The van der Waals surface area contributed by atoms with Crippen LogP contribution >= 0.6 is 0 Å². The number of nitrogens with zero attached hydrogens (tertiary/aromatic N) is 1.